The summed E-state index contributed by atoms with van der Waals surface area (Å²) in [7, 11) is 0. The molecule has 2 aromatic rings. The molecule has 0 saturated heterocycles. The van der Waals surface area contributed by atoms with Crippen LogP contribution in [-0.2, 0) is 0 Å². The van der Waals surface area contributed by atoms with E-state index in [4.69, 9.17) is 0 Å². The minimum Gasteiger partial charge on any atom is -0.353 e. The molecule has 0 saturated carbocycles. The highest BCUT2D eigenvalue weighted by atomic mass is 79.9. The second-order valence-electron chi connectivity index (χ2n) is 5.58. The molecule has 4 nitrogen and oxygen atoms in total. The van der Waals surface area contributed by atoms with Crippen molar-refractivity contribution in [2.75, 3.05) is 13.1 Å². The Bertz CT molecular complexity index is 796. The van der Waals surface area contributed by atoms with Crippen LogP contribution in [0, 0.1) is 0 Å². The molecule has 27 heavy (non-hydrogen) atoms. The molecule has 3 rings (SSSR count). The number of halogens is 3. The van der Waals surface area contributed by atoms with Crippen LogP contribution in [-0.4, -0.2) is 24.8 Å². The lowest BCUT2D eigenvalue weighted by atomic mass is 10.1. The van der Waals surface area contributed by atoms with Crippen LogP contribution in [0.4, 0.5) is 0 Å². The zero-order chi connectivity index (χ0) is 18.2. The van der Waals surface area contributed by atoms with Crippen LogP contribution >= 0.6 is 48.8 Å². The highest BCUT2D eigenvalue weighted by molar-refractivity contribution is 9.10. The van der Waals surface area contributed by atoms with E-state index in [1.54, 1.807) is 0 Å². The smallest absolute Gasteiger partial charge is 0.212 e. The average molecular weight is 555 g/mol. The second kappa shape index (κ2) is 11.2. The molecular formula is C20H19Br3N4. The van der Waals surface area contributed by atoms with Crippen molar-refractivity contribution < 1.29 is 0 Å². The highest BCUT2D eigenvalue weighted by Crippen LogP contribution is 2.13. The van der Waals surface area contributed by atoms with E-state index in [2.05, 4.69) is 52.7 Å². The molecule has 1 aliphatic heterocycles. The average Bonchev–Trinajstić information content (AvgIpc) is 3.17. The fourth-order valence-corrected chi connectivity index (χ4v) is 2.76. The van der Waals surface area contributed by atoms with Crippen molar-refractivity contribution in [2.24, 2.45) is 10.1 Å². The lowest BCUT2D eigenvalue weighted by Gasteiger charge is -2.02. The number of benzene rings is 2. The first-order valence-electron chi connectivity index (χ1n) is 8.18. The van der Waals surface area contributed by atoms with Crippen molar-refractivity contribution >= 4 is 72.7 Å². The molecule has 0 radical (unpaired) electrons. The van der Waals surface area contributed by atoms with Gasteiger partial charge in [0.15, 0.2) is 0 Å². The van der Waals surface area contributed by atoms with Crippen LogP contribution in [0.1, 0.15) is 11.1 Å². The molecule has 1 heterocycles. The van der Waals surface area contributed by atoms with Crippen molar-refractivity contribution in [1.29, 1.82) is 0 Å². The van der Waals surface area contributed by atoms with Crippen LogP contribution in [0.25, 0.3) is 12.2 Å². The van der Waals surface area contributed by atoms with Gasteiger partial charge in [-0.25, -0.2) is 10.4 Å². The third kappa shape index (κ3) is 7.44. The Morgan fingerprint density at radius 3 is 1.89 bits per heavy atom. The Balaban J connectivity index is 0.00000261. The molecule has 2 N–H and O–H groups in total. The molecule has 0 atom stereocenters. The summed E-state index contributed by atoms with van der Waals surface area (Å²) >= 11 is 6.90. The van der Waals surface area contributed by atoms with E-state index in [0.29, 0.717) is 5.96 Å². The van der Waals surface area contributed by atoms with E-state index in [-0.39, 0.29) is 17.0 Å². The number of hydrogen-bond acceptors (Lipinski definition) is 4. The SMILES string of the molecule is Br.Brc1ccc(C=CC(C=Cc2ccc(Br)cc2)=NNC2=NCCN2)cc1. The van der Waals surface area contributed by atoms with Crippen LogP contribution in [0.3, 0.4) is 0 Å². The largest absolute Gasteiger partial charge is 0.353 e. The third-order valence-electron chi connectivity index (χ3n) is 3.60. The normalized spacial score (nSPS) is 13.2. The van der Waals surface area contributed by atoms with Crippen molar-refractivity contribution in [3.8, 4) is 0 Å². The number of rotatable bonds is 5. The monoisotopic (exact) mass is 552 g/mol. The van der Waals surface area contributed by atoms with Crippen LogP contribution < -0.4 is 10.7 Å². The van der Waals surface area contributed by atoms with E-state index in [0.717, 1.165) is 38.9 Å². The van der Waals surface area contributed by atoms with E-state index >= 15 is 0 Å². The van der Waals surface area contributed by atoms with Crippen LogP contribution in [0.5, 0.6) is 0 Å². The molecule has 0 aromatic heterocycles. The van der Waals surface area contributed by atoms with E-state index < -0.39 is 0 Å². The van der Waals surface area contributed by atoms with E-state index in [1.807, 2.05) is 72.8 Å². The zero-order valence-corrected chi connectivity index (χ0v) is 19.3. The van der Waals surface area contributed by atoms with Gasteiger partial charge in [0, 0.05) is 15.5 Å². The summed E-state index contributed by atoms with van der Waals surface area (Å²) < 4.78 is 2.12. The molecule has 2 aromatic carbocycles. The maximum absolute atomic E-state index is 4.45. The van der Waals surface area contributed by atoms with Gasteiger partial charge in [0.1, 0.15) is 0 Å². The minimum absolute atomic E-state index is 0. The predicted molar refractivity (Wildman–Crippen MR) is 128 cm³/mol. The zero-order valence-electron chi connectivity index (χ0n) is 14.4. The van der Waals surface area contributed by atoms with Gasteiger partial charge in [0.2, 0.25) is 5.96 Å². The standard InChI is InChI=1S/C20H18Br2N4.BrH/c21-17-7-1-15(2-8-17)5-11-19(25-26-20-23-13-14-24-20)12-6-16-3-9-18(22)10-4-16;/h1-12H,13-14H2,(H2,23,24,26);1H. The van der Waals surface area contributed by atoms with Gasteiger partial charge in [-0.3, -0.25) is 0 Å². The Hall–Kier alpha value is -1.70. The molecule has 0 unspecified atom stereocenters. The topological polar surface area (TPSA) is 48.8 Å². The summed E-state index contributed by atoms with van der Waals surface area (Å²) in [4.78, 5) is 4.29. The first kappa shape index (κ1) is 21.6. The lowest BCUT2D eigenvalue weighted by molar-refractivity contribution is 0.918. The summed E-state index contributed by atoms with van der Waals surface area (Å²) in [6.45, 7) is 1.62. The molecule has 0 amide bonds. The van der Waals surface area contributed by atoms with E-state index in [9.17, 15) is 0 Å². The number of guanidine groups is 1. The van der Waals surface area contributed by atoms with Gasteiger partial charge in [-0.2, -0.15) is 5.10 Å². The van der Waals surface area contributed by atoms with Crippen molar-refractivity contribution in [3.63, 3.8) is 0 Å². The predicted octanol–water partition coefficient (Wildman–Crippen LogP) is 5.42. The summed E-state index contributed by atoms with van der Waals surface area (Å²) in [5.41, 5.74) is 5.99. The maximum Gasteiger partial charge on any atom is 0.212 e. The summed E-state index contributed by atoms with van der Waals surface area (Å²) in [6.07, 6.45) is 8.01. The third-order valence-corrected chi connectivity index (χ3v) is 4.66. The van der Waals surface area contributed by atoms with Crippen LogP contribution in [0.2, 0.25) is 0 Å². The van der Waals surface area contributed by atoms with Gasteiger partial charge < -0.3 is 5.32 Å². The van der Waals surface area contributed by atoms with Crippen LogP contribution in [0.15, 0.2) is 79.7 Å². The maximum atomic E-state index is 4.45. The Labute approximate surface area is 186 Å². The van der Waals surface area contributed by atoms with Gasteiger partial charge in [0.05, 0.1) is 12.3 Å². The van der Waals surface area contributed by atoms with E-state index in [1.165, 1.54) is 0 Å². The number of allylic oxidation sites excluding steroid dienone is 2. The highest BCUT2D eigenvalue weighted by Gasteiger charge is 2.02. The molecule has 0 fully saturated rings. The molecule has 0 aliphatic carbocycles. The molecule has 7 heteroatoms. The summed E-state index contributed by atoms with van der Waals surface area (Å²) in [5.74, 6) is 0.705. The molecule has 0 bridgehead atoms. The first-order chi connectivity index (χ1) is 12.7. The molecular weight excluding hydrogens is 536 g/mol. The minimum atomic E-state index is 0. The van der Waals surface area contributed by atoms with Gasteiger partial charge in [-0.05, 0) is 47.5 Å². The molecule has 0 spiro atoms. The van der Waals surface area contributed by atoms with Gasteiger partial charge >= 0.3 is 0 Å². The number of aliphatic imine (C=N–C) groups is 1. The Morgan fingerprint density at radius 2 is 1.44 bits per heavy atom. The van der Waals surface area contributed by atoms with Crippen molar-refractivity contribution in [3.05, 3.63) is 80.8 Å². The number of hydrazone groups is 1. The molecule has 1 aliphatic rings. The number of nitrogens with zero attached hydrogens (tertiary/aromatic N) is 2. The fraction of sp³-hybridized carbons (Fsp3) is 0.100. The van der Waals surface area contributed by atoms with Gasteiger partial charge in [0.25, 0.3) is 0 Å². The Kier molecular flexibility index (Phi) is 8.97. The number of nitrogens with one attached hydrogen (secondary N) is 2. The van der Waals surface area contributed by atoms with Gasteiger partial charge in [-0.15, -0.1) is 17.0 Å². The summed E-state index contributed by atoms with van der Waals surface area (Å²) in [5, 5.41) is 7.60. The quantitative estimate of drug-likeness (QED) is 0.383. The molecule has 140 valence electrons. The van der Waals surface area contributed by atoms with Crippen molar-refractivity contribution in [2.45, 2.75) is 0 Å². The fourth-order valence-electron chi connectivity index (χ4n) is 2.23. The van der Waals surface area contributed by atoms with Gasteiger partial charge in [-0.1, -0.05) is 68.3 Å². The summed E-state index contributed by atoms with van der Waals surface area (Å²) in [6, 6.07) is 16.3. The lowest BCUT2D eigenvalue weighted by Crippen LogP contribution is -2.30. The second-order valence-corrected chi connectivity index (χ2v) is 7.41. The number of hydrogen-bond donors (Lipinski definition) is 2. The first-order valence-corrected chi connectivity index (χ1v) is 9.77. The Morgan fingerprint density at radius 1 is 0.926 bits per heavy atom. The van der Waals surface area contributed by atoms with Crippen molar-refractivity contribution in [1.82, 2.24) is 10.7 Å².